The van der Waals surface area contributed by atoms with E-state index in [1.165, 1.54) is 0 Å². The highest BCUT2D eigenvalue weighted by atomic mass is 32.1. The molecule has 0 unspecified atom stereocenters. The Morgan fingerprint density at radius 1 is 1.71 bits per heavy atom. The maximum Gasteiger partial charge on any atom is 0.322 e. The van der Waals surface area contributed by atoms with E-state index < -0.39 is 5.91 Å². The number of hydrogen-bond acceptors (Lipinski definition) is 3. The molecule has 0 bridgehead atoms. The van der Waals surface area contributed by atoms with Gasteiger partial charge in [0.25, 0.3) is 0 Å². The van der Waals surface area contributed by atoms with E-state index in [-0.39, 0.29) is 17.7 Å². The summed E-state index contributed by atoms with van der Waals surface area (Å²) >= 11 is -0.271. The first-order valence-electron chi connectivity index (χ1n) is 1.30. The van der Waals surface area contributed by atoms with Crippen molar-refractivity contribution in [2.24, 2.45) is 4.36 Å². The van der Waals surface area contributed by atoms with Crippen LogP contribution in [0, 0.1) is 0 Å². The molecule has 0 spiro atoms. The predicted octanol–water partition coefficient (Wildman–Crippen LogP) is -0.891. The topological polar surface area (TPSA) is 63.6 Å². The summed E-state index contributed by atoms with van der Waals surface area (Å²) in [6, 6.07) is 0. The van der Waals surface area contributed by atoms with E-state index in [9.17, 15) is 13.8 Å². The van der Waals surface area contributed by atoms with Crippen molar-refractivity contribution >= 4 is 23.7 Å². The van der Waals surface area contributed by atoms with Crippen molar-refractivity contribution in [3.8, 4) is 0 Å². The van der Waals surface area contributed by atoms with Gasteiger partial charge in [0, 0.05) is 0 Å². The van der Waals surface area contributed by atoms with Gasteiger partial charge in [-0.05, 0) is 0 Å². The maximum absolute atomic E-state index is 9.66. The summed E-state index contributed by atoms with van der Waals surface area (Å²) in [6.45, 7) is 0. The van der Waals surface area contributed by atoms with E-state index in [1.54, 1.807) is 0 Å². The summed E-state index contributed by atoms with van der Waals surface area (Å²) in [4.78, 5) is 19.0. The van der Waals surface area contributed by atoms with E-state index in [2.05, 4.69) is 4.36 Å². The molecule has 0 saturated carbocycles. The first-order chi connectivity index (χ1) is 3.31. The first kappa shape index (κ1) is 6.16. The third-order valence-electron chi connectivity index (χ3n) is 0.228. The Morgan fingerprint density at radius 2 is 2.29 bits per heavy atom. The Hall–Kier alpha value is -0.840. The highest BCUT2D eigenvalue weighted by Crippen LogP contribution is 1.60. The van der Waals surface area contributed by atoms with E-state index in [1.807, 2.05) is 0 Å². The maximum atomic E-state index is 9.66. The molecular formula is C2HNO3S. The molecule has 0 radical (unpaired) electrons. The van der Waals surface area contributed by atoms with Gasteiger partial charge in [-0.3, -0.25) is 9.59 Å². The van der Waals surface area contributed by atoms with Gasteiger partial charge >= 0.3 is 5.91 Å². The molecule has 7 heavy (non-hydrogen) atoms. The van der Waals surface area contributed by atoms with Gasteiger partial charge in [0.15, 0.2) is 0 Å². The van der Waals surface area contributed by atoms with Gasteiger partial charge in [-0.25, -0.2) is 0 Å². The van der Waals surface area contributed by atoms with E-state index >= 15 is 0 Å². The highest BCUT2D eigenvalue weighted by Gasteiger charge is 1.87. The van der Waals surface area contributed by atoms with E-state index in [0.717, 1.165) is 0 Å². The lowest BCUT2D eigenvalue weighted by molar-refractivity contribution is -0.128. The molecule has 0 aromatic heterocycles. The standard InChI is InChI=1S/C2HNO3S/c4-1-2(5)3-7-6/h1H. The molecule has 0 atom stereocenters. The fraction of sp³-hybridized carbons (Fsp3) is 0. The molecule has 0 rings (SSSR count). The van der Waals surface area contributed by atoms with Crippen LogP contribution >= 0.6 is 0 Å². The Labute approximate surface area is 42.8 Å². The quantitative estimate of drug-likeness (QED) is 0.332. The Bertz CT molecular complexity index is 136. The Kier molecular flexibility index (Phi) is 2.95. The summed E-state index contributed by atoms with van der Waals surface area (Å²) in [7, 11) is 0. The lowest BCUT2D eigenvalue weighted by Gasteiger charge is -1.61. The second-order valence-electron chi connectivity index (χ2n) is 0.622. The molecule has 0 aliphatic carbocycles. The van der Waals surface area contributed by atoms with Crippen molar-refractivity contribution in [2.75, 3.05) is 0 Å². The smallest absolute Gasteiger partial charge is 0.292 e. The van der Waals surface area contributed by atoms with Crippen LogP contribution < -0.4 is 0 Å². The Morgan fingerprint density at radius 3 is 2.43 bits per heavy atom. The van der Waals surface area contributed by atoms with Crippen molar-refractivity contribution in [3.63, 3.8) is 0 Å². The third-order valence-corrected chi connectivity index (χ3v) is 0.483. The number of rotatable bonds is 1. The minimum atomic E-state index is -1.03. The number of carbonyl (C=O) groups excluding carboxylic acids is 2. The zero-order valence-corrected chi connectivity index (χ0v) is 3.97. The van der Waals surface area contributed by atoms with Crippen LogP contribution in [0.4, 0.5) is 0 Å². The second-order valence-corrected chi connectivity index (χ2v) is 0.954. The summed E-state index contributed by atoms with van der Waals surface area (Å²) < 4.78 is 11.9. The Balaban J connectivity index is 3.82. The molecule has 1 amide bonds. The van der Waals surface area contributed by atoms with Gasteiger partial charge in [-0.1, -0.05) is 0 Å². The summed E-state index contributed by atoms with van der Waals surface area (Å²) in [5.74, 6) is -1.03. The SMILES string of the molecule is O=CC(=O)N=S=O. The average molecular weight is 119 g/mol. The number of amides is 1. The van der Waals surface area contributed by atoms with Crippen LogP contribution in [-0.2, 0) is 21.1 Å². The van der Waals surface area contributed by atoms with Crippen LogP contribution in [0.15, 0.2) is 4.36 Å². The van der Waals surface area contributed by atoms with Crippen LogP contribution in [-0.4, -0.2) is 16.4 Å². The van der Waals surface area contributed by atoms with Gasteiger partial charge in [-0.15, -0.1) is 4.36 Å². The van der Waals surface area contributed by atoms with Gasteiger partial charge < -0.3 is 0 Å². The van der Waals surface area contributed by atoms with Gasteiger partial charge in [0.2, 0.25) is 17.7 Å². The van der Waals surface area contributed by atoms with E-state index in [0.29, 0.717) is 0 Å². The van der Waals surface area contributed by atoms with Crippen LogP contribution in [0.3, 0.4) is 0 Å². The fourth-order valence-electron chi connectivity index (χ4n) is 0.0582. The minimum absolute atomic E-state index is 0.0229. The van der Waals surface area contributed by atoms with Crippen LogP contribution in [0.1, 0.15) is 0 Å². The molecule has 0 fully saturated rings. The van der Waals surface area contributed by atoms with Crippen LogP contribution in [0.5, 0.6) is 0 Å². The van der Waals surface area contributed by atoms with Gasteiger partial charge in [0.05, 0.1) is 0 Å². The minimum Gasteiger partial charge on any atom is -0.292 e. The fourth-order valence-corrected chi connectivity index (χ4v) is 0.175. The monoisotopic (exact) mass is 119 g/mol. The third kappa shape index (κ3) is 2.98. The predicted molar refractivity (Wildman–Crippen MR) is 21.6 cm³/mol. The van der Waals surface area contributed by atoms with Crippen molar-refractivity contribution < 1.29 is 13.8 Å². The summed E-state index contributed by atoms with van der Waals surface area (Å²) in [5, 5.41) is 0. The molecule has 0 aromatic carbocycles. The molecule has 0 aromatic rings. The number of nitrogens with zero attached hydrogens (tertiary/aromatic N) is 1. The zero-order valence-electron chi connectivity index (χ0n) is 3.16. The largest absolute Gasteiger partial charge is 0.322 e. The van der Waals surface area contributed by atoms with E-state index in [4.69, 9.17) is 0 Å². The molecule has 0 N–H and O–H groups in total. The summed E-state index contributed by atoms with van der Waals surface area (Å²) in [6.07, 6.45) is -0.0229. The first-order valence-corrected chi connectivity index (χ1v) is 2.00. The molecule has 5 heteroatoms. The number of hydrogen-bond donors (Lipinski definition) is 0. The lowest BCUT2D eigenvalue weighted by atomic mass is 10.7. The van der Waals surface area contributed by atoms with Crippen molar-refractivity contribution in [1.29, 1.82) is 0 Å². The van der Waals surface area contributed by atoms with Gasteiger partial charge in [-0.2, -0.15) is 4.21 Å². The second kappa shape index (κ2) is 3.35. The molecule has 4 nitrogen and oxygen atoms in total. The lowest BCUT2D eigenvalue weighted by Crippen LogP contribution is -1.89. The molecule has 0 aliphatic heterocycles. The summed E-state index contributed by atoms with van der Waals surface area (Å²) in [5.41, 5.74) is 0. The zero-order chi connectivity index (χ0) is 5.70. The van der Waals surface area contributed by atoms with Crippen LogP contribution in [0.25, 0.3) is 0 Å². The molecule has 0 heterocycles. The normalized spacial score (nSPS) is 6.86. The van der Waals surface area contributed by atoms with Crippen molar-refractivity contribution in [3.05, 3.63) is 0 Å². The average Bonchev–Trinajstić information content (AvgIpc) is 1.68. The van der Waals surface area contributed by atoms with Crippen LogP contribution in [0.2, 0.25) is 0 Å². The molecule has 38 valence electrons. The highest BCUT2D eigenvalue weighted by molar-refractivity contribution is 7.55. The van der Waals surface area contributed by atoms with Crippen molar-refractivity contribution in [2.45, 2.75) is 0 Å². The molecule has 0 saturated heterocycles. The van der Waals surface area contributed by atoms with Crippen molar-refractivity contribution in [1.82, 2.24) is 0 Å². The van der Waals surface area contributed by atoms with Gasteiger partial charge in [0.1, 0.15) is 0 Å². The number of carbonyl (C=O) groups is 2. The number of aldehydes is 1. The molecule has 0 aliphatic rings. The molecular weight excluding hydrogens is 118 g/mol.